The van der Waals surface area contributed by atoms with E-state index in [1.807, 2.05) is 12.2 Å². The SMILES string of the molecule is C[C@@H]1C[C@H](C)CN(S(=O)(=O)c2ccc(NC(=O)[C@@H](C)N3C(=O)[C@H]4CC=CC[C@H]4C3=O)cc2)C1. The number of nitrogens with one attached hydrogen (secondary N) is 1. The molecule has 2 heterocycles. The van der Waals surface area contributed by atoms with Gasteiger partial charge < -0.3 is 5.32 Å². The molecule has 3 aliphatic rings. The lowest BCUT2D eigenvalue weighted by atomic mass is 9.85. The molecule has 1 aromatic rings. The highest BCUT2D eigenvalue weighted by molar-refractivity contribution is 7.89. The van der Waals surface area contributed by atoms with Crippen molar-refractivity contribution in [3.8, 4) is 0 Å². The predicted octanol–water partition coefficient (Wildman–Crippen LogP) is 2.63. The van der Waals surface area contributed by atoms with Gasteiger partial charge in [-0.25, -0.2) is 8.42 Å². The lowest BCUT2D eigenvalue weighted by molar-refractivity contribution is -0.146. The van der Waals surface area contributed by atoms with E-state index < -0.39 is 22.0 Å². The fourth-order valence-electron chi connectivity index (χ4n) is 5.23. The van der Waals surface area contributed by atoms with Crippen LogP contribution in [0.2, 0.25) is 0 Å². The van der Waals surface area contributed by atoms with Crippen LogP contribution >= 0.6 is 0 Å². The average Bonchev–Trinajstić information content (AvgIpc) is 3.03. The van der Waals surface area contributed by atoms with Gasteiger partial charge in [0.1, 0.15) is 6.04 Å². The van der Waals surface area contributed by atoms with E-state index in [0.717, 1.165) is 11.3 Å². The van der Waals surface area contributed by atoms with Gasteiger partial charge in [0.25, 0.3) is 0 Å². The number of anilines is 1. The minimum absolute atomic E-state index is 0.177. The van der Waals surface area contributed by atoms with E-state index in [9.17, 15) is 22.8 Å². The second-order valence-corrected chi connectivity index (χ2v) is 11.6. The predicted molar refractivity (Wildman–Crippen MR) is 123 cm³/mol. The fraction of sp³-hybridized carbons (Fsp3) is 0.542. The van der Waals surface area contributed by atoms with Crippen molar-refractivity contribution in [2.24, 2.45) is 23.7 Å². The molecule has 1 N–H and O–H groups in total. The average molecular weight is 474 g/mol. The highest BCUT2D eigenvalue weighted by atomic mass is 32.2. The first-order valence-corrected chi connectivity index (χ1v) is 13.0. The van der Waals surface area contributed by atoms with Gasteiger partial charge in [-0.15, -0.1) is 0 Å². The normalized spacial score (nSPS) is 29.1. The van der Waals surface area contributed by atoms with Crippen molar-refractivity contribution < 1.29 is 22.8 Å². The Labute approximate surface area is 195 Å². The first-order chi connectivity index (χ1) is 15.6. The molecule has 0 bridgehead atoms. The summed E-state index contributed by atoms with van der Waals surface area (Å²) in [5.41, 5.74) is 0.407. The number of allylic oxidation sites excluding steroid dienone is 2. The number of rotatable bonds is 5. The summed E-state index contributed by atoms with van der Waals surface area (Å²) in [5, 5.41) is 2.70. The number of piperidine rings is 1. The summed E-state index contributed by atoms with van der Waals surface area (Å²) in [6.45, 7) is 6.64. The van der Waals surface area contributed by atoms with Gasteiger partial charge in [0.05, 0.1) is 16.7 Å². The molecule has 0 saturated carbocycles. The van der Waals surface area contributed by atoms with Crippen LogP contribution in [0.25, 0.3) is 0 Å². The number of fused-ring (bicyclic) bond motifs is 1. The van der Waals surface area contributed by atoms with Crippen molar-refractivity contribution >= 4 is 33.4 Å². The molecule has 2 fully saturated rings. The van der Waals surface area contributed by atoms with Crippen molar-refractivity contribution in [1.29, 1.82) is 0 Å². The van der Waals surface area contributed by atoms with Crippen LogP contribution in [0, 0.1) is 23.7 Å². The Morgan fingerprint density at radius 2 is 1.48 bits per heavy atom. The van der Waals surface area contributed by atoms with E-state index >= 15 is 0 Å². The molecular weight excluding hydrogens is 442 g/mol. The van der Waals surface area contributed by atoms with Crippen LogP contribution in [-0.4, -0.2) is 54.5 Å². The molecule has 3 amide bonds. The van der Waals surface area contributed by atoms with Gasteiger partial charge in [0.15, 0.2) is 0 Å². The van der Waals surface area contributed by atoms with Crippen molar-refractivity contribution in [2.75, 3.05) is 18.4 Å². The molecule has 2 aliphatic heterocycles. The van der Waals surface area contributed by atoms with Gasteiger partial charge in [-0.1, -0.05) is 26.0 Å². The molecule has 8 nitrogen and oxygen atoms in total. The summed E-state index contributed by atoms with van der Waals surface area (Å²) in [7, 11) is -3.61. The Morgan fingerprint density at radius 1 is 0.970 bits per heavy atom. The van der Waals surface area contributed by atoms with Gasteiger partial charge in [0, 0.05) is 18.8 Å². The second kappa shape index (κ2) is 9.02. The first kappa shape index (κ1) is 23.6. The molecule has 0 unspecified atom stereocenters. The Bertz CT molecular complexity index is 1050. The quantitative estimate of drug-likeness (QED) is 0.523. The molecule has 33 heavy (non-hydrogen) atoms. The van der Waals surface area contributed by atoms with Crippen LogP contribution in [0.1, 0.15) is 40.0 Å². The number of nitrogens with zero attached hydrogens (tertiary/aromatic N) is 2. The molecule has 178 valence electrons. The number of hydrogen-bond donors (Lipinski definition) is 1. The van der Waals surface area contributed by atoms with Crippen molar-refractivity contribution in [3.63, 3.8) is 0 Å². The maximum Gasteiger partial charge on any atom is 0.247 e. The summed E-state index contributed by atoms with van der Waals surface area (Å²) >= 11 is 0. The fourth-order valence-corrected chi connectivity index (χ4v) is 6.91. The summed E-state index contributed by atoms with van der Waals surface area (Å²) in [5.74, 6) is -1.26. The molecule has 0 radical (unpaired) electrons. The summed E-state index contributed by atoms with van der Waals surface area (Å²) in [6.07, 6.45) is 5.85. The maximum absolute atomic E-state index is 13.0. The third-order valence-electron chi connectivity index (χ3n) is 6.90. The Kier molecular flexibility index (Phi) is 6.46. The van der Waals surface area contributed by atoms with Gasteiger partial charge in [0.2, 0.25) is 27.7 Å². The molecule has 1 aromatic carbocycles. The molecule has 1 aliphatic carbocycles. The number of amides is 3. The Hall–Kier alpha value is -2.52. The van der Waals surface area contributed by atoms with Crippen LogP contribution in [0.3, 0.4) is 0 Å². The minimum Gasteiger partial charge on any atom is -0.324 e. The number of sulfonamides is 1. The molecule has 9 heteroatoms. The third kappa shape index (κ3) is 4.48. The molecular formula is C24H31N3O5S. The van der Waals surface area contributed by atoms with E-state index in [0.29, 0.717) is 43.5 Å². The van der Waals surface area contributed by atoms with Crippen molar-refractivity contribution in [3.05, 3.63) is 36.4 Å². The summed E-state index contributed by atoms with van der Waals surface area (Å²) < 4.78 is 27.6. The standard InChI is InChI=1S/C24H31N3O5S/c1-15-12-16(2)14-26(13-15)33(31,32)19-10-8-18(9-11-19)25-22(28)17(3)27-23(29)20-6-4-5-7-21(20)24(27)30/h4-5,8-11,15-17,20-21H,6-7,12-14H2,1-3H3,(H,25,28)/t15-,16+,17-,20-,21+/m1/s1. The number of imide groups is 1. The van der Waals surface area contributed by atoms with Crippen LogP contribution in [-0.2, 0) is 24.4 Å². The maximum atomic E-state index is 13.0. The number of carbonyl (C=O) groups is 3. The topological polar surface area (TPSA) is 104 Å². The van der Waals surface area contributed by atoms with Gasteiger partial charge in [-0.05, 0) is 62.3 Å². The smallest absolute Gasteiger partial charge is 0.247 e. The van der Waals surface area contributed by atoms with E-state index in [-0.39, 0.29) is 28.5 Å². The third-order valence-corrected chi connectivity index (χ3v) is 8.75. The van der Waals surface area contributed by atoms with E-state index in [2.05, 4.69) is 19.2 Å². The highest BCUT2D eigenvalue weighted by Crippen LogP contribution is 2.36. The molecule has 4 rings (SSSR count). The monoisotopic (exact) mass is 473 g/mol. The zero-order chi connectivity index (χ0) is 23.9. The number of carbonyl (C=O) groups excluding carboxylic acids is 3. The van der Waals surface area contributed by atoms with E-state index in [4.69, 9.17) is 0 Å². The number of benzene rings is 1. The zero-order valence-corrected chi connectivity index (χ0v) is 20.0. The van der Waals surface area contributed by atoms with Gasteiger partial charge in [-0.3, -0.25) is 19.3 Å². The molecule has 2 saturated heterocycles. The summed E-state index contributed by atoms with van der Waals surface area (Å²) in [6, 6.07) is 5.07. The van der Waals surface area contributed by atoms with Crippen LogP contribution in [0.15, 0.2) is 41.3 Å². The van der Waals surface area contributed by atoms with Gasteiger partial charge >= 0.3 is 0 Å². The van der Waals surface area contributed by atoms with Crippen molar-refractivity contribution in [1.82, 2.24) is 9.21 Å². The van der Waals surface area contributed by atoms with E-state index in [1.165, 1.54) is 35.5 Å². The summed E-state index contributed by atoms with van der Waals surface area (Å²) in [4.78, 5) is 39.5. The second-order valence-electron chi connectivity index (χ2n) is 9.66. The van der Waals surface area contributed by atoms with Crippen LogP contribution in [0.5, 0.6) is 0 Å². The van der Waals surface area contributed by atoms with E-state index in [1.54, 1.807) is 0 Å². The largest absolute Gasteiger partial charge is 0.324 e. The van der Waals surface area contributed by atoms with Crippen LogP contribution < -0.4 is 5.32 Å². The Balaban J connectivity index is 1.43. The number of likely N-dealkylation sites (tertiary alicyclic amines) is 1. The van der Waals surface area contributed by atoms with Gasteiger partial charge in [-0.2, -0.15) is 4.31 Å². The van der Waals surface area contributed by atoms with Crippen molar-refractivity contribution in [2.45, 2.75) is 51.0 Å². The molecule has 5 atom stereocenters. The van der Waals surface area contributed by atoms with Crippen LogP contribution in [0.4, 0.5) is 5.69 Å². The highest BCUT2D eigenvalue weighted by Gasteiger charge is 2.50. The lowest BCUT2D eigenvalue weighted by Crippen LogP contribution is -2.46. The Morgan fingerprint density at radius 3 is 2.00 bits per heavy atom. The lowest BCUT2D eigenvalue weighted by Gasteiger charge is -2.34. The zero-order valence-electron chi connectivity index (χ0n) is 19.2. The minimum atomic E-state index is -3.61. The molecule has 0 spiro atoms. The first-order valence-electron chi connectivity index (χ1n) is 11.5. The molecule has 0 aromatic heterocycles. The number of hydrogen-bond acceptors (Lipinski definition) is 5.